The van der Waals surface area contributed by atoms with Gasteiger partial charge in [0.2, 0.25) is 5.88 Å². The Morgan fingerprint density at radius 2 is 2.10 bits per heavy atom. The Balaban J connectivity index is 2.05. The Bertz CT molecular complexity index is 587. The zero-order chi connectivity index (χ0) is 15.2. The molecule has 1 unspecified atom stereocenters. The molecule has 0 amide bonds. The fourth-order valence-electron chi connectivity index (χ4n) is 1.98. The standard InChI is InChI=1S/C16H22N2O3/c1-11(2)18-9-13(19)10-21-16-15-5-4-14(20-3)8-12(15)6-7-17-16/h4-8,11,13,18-19H,9-10H2,1-3H3. The first kappa shape index (κ1) is 15.5. The molecular weight excluding hydrogens is 268 g/mol. The summed E-state index contributed by atoms with van der Waals surface area (Å²) in [7, 11) is 1.64. The summed E-state index contributed by atoms with van der Waals surface area (Å²) >= 11 is 0. The molecule has 21 heavy (non-hydrogen) atoms. The molecule has 0 fully saturated rings. The Hall–Kier alpha value is -1.85. The number of aliphatic hydroxyl groups is 1. The third-order valence-electron chi connectivity index (χ3n) is 3.11. The van der Waals surface area contributed by atoms with Crippen molar-refractivity contribution in [1.82, 2.24) is 10.3 Å². The van der Waals surface area contributed by atoms with Gasteiger partial charge in [-0.25, -0.2) is 4.98 Å². The number of fused-ring (bicyclic) bond motifs is 1. The third-order valence-corrected chi connectivity index (χ3v) is 3.11. The highest BCUT2D eigenvalue weighted by Crippen LogP contribution is 2.26. The zero-order valence-electron chi connectivity index (χ0n) is 12.7. The molecule has 0 aliphatic heterocycles. The van der Waals surface area contributed by atoms with Crippen molar-refractivity contribution in [2.45, 2.75) is 26.0 Å². The summed E-state index contributed by atoms with van der Waals surface area (Å²) in [6, 6.07) is 7.95. The van der Waals surface area contributed by atoms with Crippen LogP contribution < -0.4 is 14.8 Å². The van der Waals surface area contributed by atoms with Crippen LogP contribution in [0.25, 0.3) is 10.8 Å². The molecule has 1 aromatic carbocycles. The van der Waals surface area contributed by atoms with Crippen LogP contribution in [0.4, 0.5) is 0 Å². The van der Waals surface area contributed by atoms with Gasteiger partial charge in [0.1, 0.15) is 18.5 Å². The summed E-state index contributed by atoms with van der Waals surface area (Å²) in [5, 5.41) is 14.9. The number of nitrogens with one attached hydrogen (secondary N) is 1. The lowest BCUT2D eigenvalue weighted by Gasteiger charge is -2.15. The quantitative estimate of drug-likeness (QED) is 0.816. The summed E-state index contributed by atoms with van der Waals surface area (Å²) in [6.07, 6.45) is 1.12. The number of methoxy groups -OCH3 is 1. The zero-order valence-corrected chi connectivity index (χ0v) is 12.7. The first-order valence-corrected chi connectivity index (χ1v) is 7.07. The molecule has 0 saturated heterocycles. The Morgan fingerprint density at radius 1 is 1.29 bits per heavy atom. The van der Waals surface area contributed by atoms with Crippen molar-refractivity contribution in [2.24, 2.45) is 0 Å². The number of aromatic nitrogens is 1. The van der Waals surface area contributed by atoms with Gasteiger partial charge in [-0.3, -0.25) is 0 Å². The first-order chi connectivity index (χ1) is 10.1. The predicted molar refractivity (Wildman–Crippen MR) is 82.9 cm³/mol. The summed E-state index contributed by atoms with van der Waals surface area (Å²) in [6.45, 7) is 4.77. The third kappa shape index (κ3) is 4.31. The topological polar surface area (TPSA) is 63.6 Å². The number of ether oxygens (including phenoxy) is 2. The van der Waals surface area contributed by atoms with Crippen LogP contribution in [0.15, 0.2) is 30.5 Å². The molecule has 2 aromatic rings. The van der Waals surface area contributed by atoms with Crippen LogP contribution in [0.3, 0.4) is 0 Å². The van der Waals surface area contributed by atoms with Crippen LogP contribution >= 0.6 is 0 Å². The molecule has 0 aliphatic carbocycles. The van der Waals surface area contributed by atoms with E-state index in [1.165, 1.54) is 0 Å². The van der Waals surface area contributed by atoms with Gasteiger partial charge in [0.25, 0.3) is 0 Å². The average Bonchev–Trinajstić information content (AvgIpc) is 2.50. The molecule has 0 radical (unpaired) electrons. The fraction of sp³-hybridized carbons (Fsp3) is 0.438. The molecule has 0 aliphatic rings. The van der Waals surface area contributed by atoms with Gasteiger partial charge in [-0.15, -0.1) is 0 Å². The highest BCUT2D eigenvalue weighted by atomic mass is 16.5. The van der Waals surface area contributed by atoms with Crippen molar-refractivity contribution in [2.75, 3.05) is 20.3 Å². The molecule has 2 rings (SSSR count). The second-order valence-corrected chi connectivity index (χ2v) is 5.23. The van der Waals surface area contributed by atoms with E-state index in [9.17, 15) is 5.11 Å². The van der Waals surface area contributed by atoms with Crippen LogP contribution in [-0.2, 0) is 0 Å². The molecule has 0 bridgehead atoms. The molecule has 5 heteroatoms. The van der Waals surface area contributed by atoms with E-state index in [-0.39, 0.29) is 6.61 Å². The molecule has 1 heterocycles. The number of hydrogen-bond donors (Lipinski definition) is 2. The predicted octanol–water partition coefficient (Wildman–Crippen LogP) is 1.98. The number of hydrogen-bond acceptors (Lipinski definition) is 5. The van der Waals surface area contributed by atoms with Crippen LogP contribution in [0.2, 0.25) is 0 Å². The molecule has 0 spiro atoms. The maximum atomic E-state index is 9.88. The highest BCUT2D eigenvalue weighted by molar-refractivity contribution is 5.87. The lowest BCUT2D eigenvalue weighted by Crippen LogP contribution is -2.35. The van der Waals surface area contributed by atoms with Gasteiger partial charge in [0, 0.05) is 24.2 Å². The first-order valence-electron chi connectivity index (χ1n) is 7.07. The van der Waals surface area contributed by atoms with Gasteiger partial charge >= 0.3 is 0 Å². The number of pyridine rings is 1. The largest absolute Gasteiger partial charge is 0.497 e. The number of aliphatic hydroxyl groups excluding tert-OH is 1. The number of benzene rings is 1. The van der Waals surface area contributed by atoms with E-state index in [1.807, 2.05) is 38.1 Å². The fourth-order valence-corrected chi connectivity index (χ4v) is 1.98. The molecule has 114 valence electrons. The molecular formula is C16H22N2O3. The molecule has 0 saturated carbocycles. The van der Waals surface area contributed by atoms with Crippen molar-refractivity contribution < 1.29 is 14.6 Å². The van der Waals surface area contributed by atoms with Crippen molar-refractivity contribution in [3.8, 4) is 11.6 Å². The van der Waals surface area contributed by atoms with E-state index in [1.54, 1.807) is 13.3 Å². The van der Waals surface area contributed by atoms with Crippen LogP contribution in [0, 0.1) is 0 Å². The number of rotatable bonds is 7. The van der Waals surface area contributed by atoms with Gasteiger partial charge in [-0.2, -0.15) is 0 Å². The Labute approximate surface area is 124 Å². The molecule has 2 N–H and O–H groups in total. The van der Waals surface area contributed by atoms with Crippen molar-refractivity contribution in [3.05, 3.63) is 30.5 Å². The van der Waals surface area contributed by atoms with E-state index >= 15 is 0 Å². The van der Waals surface area contributed by atoms with Gasteiger partial charge in [0.15, 0.2) is 0 Å². The lowest BCUT2D eigenvalue weighted by molar-refractivity contribution is 0.103. The Morgan fingerprint density at radius 3 is 2.81 bits per heavy atom. The lowest BCUT2D eigenvalue weighted by atomic mass is 10.1. The minimum atomic E-state index is -0.567. The van der Waals surface area contributed by atoms with Gasteiger partial charge in [-0.1, -0.05) is 13.8 Å². The maximum Gasteiger partial charge on any atom is 0.221 e. The highest BCUT2D eigenvalue weighted by Gasteiger charge is 2.09. The normalized spacial score (nSPS) is 12.6. The van der Waals surface area contributed by atoms with Gasteiger partial charge in [-0.05, 0) is 29.7 Å². The van der Waals surface area contributed by atoms with Gasteiger partial charge in [0.05, 0.1) is 7.11 Å². The maximum absolute atomic E-state index is 9.88. The summed E-state index contributed by atoms with van der Waals surface area (Å²) in [5.41, 5.74) is 0. The number of nitrogens with zero attached hydrogens (tertiary/aromatic N) is 1. The molecule has 5 nitrogen and oxygen atoms in total. The van der Waals surface area contributed by atoms with E-state index in [2.05, 4.69) is 10.3 Å². The molecule has 1 aromatic heterocycles. The second kappa shape index (κ2) is 7.24. The van der Waals surface area contributed by atoms with E-state index in [4.69, 9.17) is 9.47 Å². The SMILES string of the molecule is COc1ccc2c(OCC(O)CNC(C)C)nccc2c1. The summed E-state index contributed by atoms with van der Waals surface area (Å²) < 4.78 is 10.9. The van der Waals surface area contributed by atoms with Crippen LogP contribution in [-0.4, -0.2) is 42.5 Å². The monoisotopic (exact) mass is 290 g/mol. The van der Waals surface area contributed by atoms with Crippen molar-refractivity contribution in [3.63, 3.8) is 0 Å². The van der Waals surface area contributed by atoms with Gasteiger partial charge < -0.3 is 19.9 Å². The van der Waals surface area contributed by atoms with E-state index in [0.717, 1.165) is 16.5 Å². The van der Waals surface area contributed by atoms with E-state index < -0.39 is 6.10 Å². The minimum absolute atomic E-state index is 0.206. The van der Waals surface area contributed by atoms with Crippen LogP contribution in [0.5, 0.6) is 11.6 Å². The smallest absolute Gasteiger partial charge is 0.221 e. The Kier molecular flexibility index (Phi) is 5.36. The average molecular weight is 290 g/mol. The second-order valence-electron chi connectivity index (χ2n) is 5.23. The van der Waals surface area contributed by atoms with Crippen molar-refractivity contribution in [1.29, 1.82) is 0 Å². The van der Waals surface area contributed by atoms with Crippen LogP contribution in [0.1, 0.15) is 13.8 Å². The molecule has 1 atom stereocenters. The minimum Gasteiger partial charge on any atom is -0.497 e. The van der Waals surface area contributed by atoms with Crippen molar-refractivity contribution >= 4 is 10.8 Å². The summed E-state index contributed by atoms with van der Waals surface area (Å²) in [4.78, 5) is 4.24. The van der Waals surface area contributed by atoms with E-state index in [0.29, 0.717) is 18.5 Å². The summed E-state index contributed by atoms with van der Waals surface area (Å²) in [5.74, 6) is 1.32.